The standard InChI is InChI=1S/C29H36O3/c1-27(2,30)24-18-14-22(15-19-24)12-13-23-16-20-26(21-17-23)29(5,6)32-31-28(3,4)25-10-8-7-9-11-25/h7-11,14-21,30H,12-13H2,1-6H3. The highest BCUT2D eigenvalue weighted by atomic mass is 17.2. The Balaban J connectivity index is 1.58. The maximum atomic E-state index is 10.1. The Morgan fingerprint density at radius 2 is 0.906 bits per heavy atom. The third-order valence-electron chi connectivity index (χ3n) is 5.94. The van der Waals surface area contributed by atoms with Crippen LogP contribution in [0.4, 0.5) is 0 Å². The third kappa shape index (κ3) is 6.29. The summed E-state index contributed by atoms with van der Waals surface area (Å²) >= 11 is 0. The maximum Gasteiger partial charge on any atom is 0.123 e. The van der Waals surface area contributed by atoms with Crippen molar-refractivity contribution in [3.8, 4) is 0 Å². The minimum Gasteiger partial charge on any atom is -0.386 e. The summed E-state index contributed by atoms with van der Waals surface area (Å²) in [6.45, 7) is 11.7. The van der Waals surface area contributed by atoms with Gasteiger partial charge in [0.25, 0.3) is 0 Å². The minimum atomic E-state index is -0.802. The summed E-state index contributed by atoms with van der Waals surface area (Å²) < 4.78 is 0. The van der Waals surface area contributed by atoms with Gasteiger partial charge in [-0.25, -0.2) is 9.78 Å². The van der Waals surface area contributed by atoms with Crippen molar-refractivity contribution in [3.05, 3.63) is 107 Å². The molecular formula is C29H36O3. The van der Waals surface area contributed by atoms with Crippen molar-refractivity contribution in [3.63, 3.8) is 0 Å². The van der Waals surface area contributed by atoms with Crippen LogP contribution in [0.1, 0.15) is 69.4 Å². The first-order valence-electron chi connectivity index (χ1n) is 11.3. The first-order chi connectivity index (χ1) is 15.0. The van der Waals surface area contributed by atoms with E-state index in [2.05, 4.69) is 36.4 Å². The van der Waals surface area contributed by atoms with Gasteiger partial charge in [0.15, 0.2) is 0 Å². The molecule has 1 N–H and O–H groups in total. The summed E-state index contributed by atoms with van der Waals surface area (Å²) in [4.78, 5) is 11.8. The van der Waals surface area contributed by atoms with E-state index in [9.17, 15) is 5.11 Å². The van der Waals surface area contributed by atoms with Crippen LogP contribution in [0, 0.1) is 0 Å². The second kappa shape index (κ2) is 9.58. The Bertz CT molecular complexity index is 979. The molecule has 0 amide bonds. The van der Waals surface area contributed by atoms with Crippen LogP contribution in [0.5, 0.6) is 0 Å². The summed E-state index contributed by atoms with van der Waals surface area (Å²) in [6.07, 6.45) is 1.92. The van der Waals surface area contributed by atoms with Crippen LogP contribution in [-0.4, -0.2) is 5.11 Å². The molecule has 0 aliphatic carbocycles. The Hall–Kier alpha value is -2.46. The molecule has 0 spiro atoms. The van der Waals surface area contributed by atoms with Gasteiger partial charge >= 0.3 is 0 Å². The predicted molar refractivity (Wildman–Crippen MR) is 130 cm³/mol. The Morgan fingerprint density at radius 3 is 1.31 bits per heavy atom. The zero-order chi connectivity index (χ0) is 23.4. The van der Waals surface area contributed by atoms with Crippen LogP contribution in [0.25, 0.3) is 0 Å². The smallest absolute Gasteiger partial charge is 0.123 e. The SMILES string of the molecule is CC(C)(O)c1ccc(CCc2ccc(C(C)(C)OOC(C)(C)c3ccccc3)cc2)cc1. The molecule has 0 radical (unpaired) electrons. The fraction of sp³-hybridized carbons (Fsp3) is 0.379. The quantitative estimate of drug-likeness (QED) is 0.298. The van der Waals surface area contributed by atoms with E-state index in [1.165, 1.54) is 11.1 Å². The summed E-state index contributed by atoms with van der Waals surface area (Å²) in [5.41, 5.74) is 3.70. The van der Waals surface area contributed by atoms with Crippen molar-refractivity contribution >= 4 is 0 Å². The molecule has 0 unspecified atom stereocenters. The lowest BCUT2D eigenvalue weighted by molar-refractivity contribution is -0.410. The lowest BCUT2D eigenvalue weighted by Gasteiger charge is -2.31. The molecule has 3 heteroatoms. The third-order valence-corrected chi connectivity index (χ3v) is 5.94. The van der Waals surface area contributed by atoms with Crippen molar-refractivity contribution in [1.82, 2.24) is 0 Å². The van der Waals surface area contributed by atoms with Gasteiger partial charge in [0.2, 0.25) is 0 Å². The van der Waals surface area contributed by atoms with Crippen molar-refractivity contribution in [2.24, 2.45) is 0 Å². The van der Waals surface area contributed by atoms with Gasteiger partial charge in [-0.1, -0.05) is 78.9 Å². The molecule has 0 saturated carbocycles. The van der Waals surface area contributed by atoms with Gasteiger partial charge < -0.3 is 5.11 Å². The van der Waals surface area contributed by atoms with Gasteiger partial charge in [0, 0.05) is 0 Å². The molecule has 3 rings (SSSR count). The summed E-state index contributed by atoms with van der Waals surface area (Å²) in [7, 11) is 0. The molecule has 0 aromatic heterocycles. The topological polar surface area (TPSA) is 38.7 Å². The van der Waals surface area contributed by atoms with E-state index < -0.39 is 16.8 Å². The molecule has 0 bridgehead atoms. The van der Waals surface area contributed by atoms with Gasteiger partial charge in [-0.3, -0.25) is 0 Å². The molecule has 3 aromatic rings. The van der Waals surface area contributed by atoms with Crippen LogP contribution in [0.2, 0.25) is 0 Å². The van der Waals surface area contributed by atoms with Crippen LogP contribution >= 0.6 is 0 Å². The Kier molecular flexibility index (Phi) is 7.24. The first kappa shape index (κ1) is 24.2. The van der Waals surface area contributed by atoms with Gasteiger partial charge in [-0.2, -0.15) is 0 Å². The van der Waals surface area contributed by atoms with E-state index in [1.807, 2.05) is 84.0 Å². The molecule has 3 nitrogen and oxygen atoms in total. The van der Waals surface area contributed by atoms with E-state index >= 15 is 0 Å². The highest BCUT2D eigenvalue weighted by Gasteiger charge is 2.29. The monoisotopic (exact) mass is 432 g/mol. The van der Waals surface area contributed by atoms with Crippen LogP contribution < -0.4 is 0 Å². The van der Waals surface area contributed by atoms with Gasteiger partial charge in [0.05, 0.1) is 5.60 Å². The average molecular weight is 433 g/mol. The largest absolute Gasteiger partial charge is 0.386 e. The second-order valence-electron chi connectivity index (χ2n) is 10.0. The molecule has 0 atom stereocenters. The fourth-order valence-electron chi connectivity index (χ4n) is 3.58. The van der Waals surface area contributed by atoms with Crippen LogP contribution in [0.3, 0.4) is 0 Å². The number of aliphatic hydroxyl groups is 1. The molecular weight excluding hydrogens is 396 g/mol. The summed E-state index contributed by atoms with van der Waals surface area (Å²) in [6, 6.07) is 26.9. The van der Waals surface area contributed by atoms with E-state index in [-0.39, 0.29) is 0 Å². The van der Waals surface area contributed by atoms with E-state index in [0.29, 0.717) is 0 Å². The second-order valence-corrected chi connectivity index (χ2v) is 10.0. The van der Waals surface area contributed by atoms with Crippen molar-refractivity contribution in [2.75, 3.05) is 0 Å². The van der Waals surface area contributed by atoms with Crippen molar-refractivity contribution < 1.29 is 14.9 Å². The van der Waals surface area contributed by atoms with Gasteiger partial charge in [-0.15, -0.1) is 0 Å². The molecule has 170 valence electrons. The highest BCUT2D eigenvalue weighted by Crippen LogP contribution is 2.31. The predicted octanol–water partition coefficient (Wildman–Crippen LogP) is 6.82. The van der Waals surface area contributed by atoms with Crippen molar-refractivity contribution in [1.29, 1.82) is 0 Å². The first-order valence-corrected chi connectivity index (χ1v) is 11.3. The molecule has 32 heavy (non-hydrogen) atoms. The average Bonchev–Trinajstić information content (AvgIpc) is 2.77. The van der Waals surface area contributed by atoms with E-state index in [4.69, 9.17) is 9.78 Å². The Labute approximate surface area is 193 Å². The normalized spacial score (nSPS) is 12.7. The van der Waals surface area contributed by atoms with Gasteiger partial charge in [0.1, 0.15) is 11.2 Å². The van der Waals surface area contributed by atoms with E-state index in [1.54, 1.807) is 0 Å². The fourth-order valence-corrected chi connectivity index (χ4v) is 3.58. The maximum absolute atomic E-state index is 10.1. The molecule has 3 aromatic carbocycles. The lowest BCUT2D eigenvalue weighted by atomic mass is 9.94. The van der Waals surface area contributed by atoms with Gasteiger partial charge in [-0.05, 0) is 82.2 Å². The molecule has 0 aliphatic heterocycles. The summed E-state index contributed by atoms with van der Waals surface area (Å²) in [5, 5.41) is 10.1. The number of aryl methyl sites for hydroxylation is 2. The number of rotatable bonds is 9. The number of benzene rings is 3. The highest BCUT2D eigenvalue weighted by molar-refractivity contribution is 5.29. The number of hydrogen-bond acceptors (Lipinski definition) is 3. The zero-order valence-corrected chi connectivity index (χ0v) is 20.2. The molecule has 0 fully saturated rings. The van der Waals surface area contributed by atoms with Crippen molar-refractivity contribution in [2.45, 2.75) is 71.2 Å². The summed E-state index contributed by atoms with van der Waals surface area (Å²) in [5.74, 6) is 0. The Morgan fingerprint density at radius 1 is 0.531 bits per heavy atom. The van der Waals surface area contributed by atoms with Crippen LogP contribution in [-0.2, 0) is 39.4 Å². The molecule has 0 saturated heterocycles. The van der Waals surface area contributed by atoms with Crippen LogP contribution in [0.15, 0.2) is 78.9 Å². The zero-order valence-electron chi connectivity index (χ0n) is 20.2. The van der Waals surface area contributed by atoms with E-state index in [0.717, 1.165) is 29.5 Å². The molecule has 0 heterocycles. The lowest BCUT2D eigenvalue weighted by Crippen LogP contribution is -2.29. The minimum absolute atomic E-state index is 0.542. The number of hydrogen-bond donors (Lipinski definition) is 1. The molecule has 0 aliphatic rings.